The molecule has 0 bridgehead atoms. The van der Waals surface area contributed by atoms with Gasteiger partial charge in [0.25, 0.3) is 0 Å². The average molecular weight is 452 g/mol. The summed E-state index contributed by atoms with van der Waals surface area (Å²) in [5.74, 6) is 1.28. The van der Waals surface area contributed by atoms with Crippen molar-refractivity contribution in [2.24, 2.45) is 0 Å². The van der Waals surface area contributed by atoms with Crippen LogP contribution in [0.5, 0.6) is 11.5 Å². The molecule has 0 aliphatic rings. The lowest BCUT2D eigenvalue weighted by atomic mass is 10.0. The number of hydrogen-bond acceptors (Lipinski definition) is 7. The third kappa shape index (κ3) is 4.19. The summed E-state index contributed by atoms with van der Waals surface area (Å²) in [5, 5.41) is 0. The zero-order chi connectivity index (χ0) is 22.7. The minimum absolute atomic E-state index is 0.0462. The molecule has 2 aromatic heterocycles. The highest BCUT2D eigenvalue weighted by molar-refractivity contribution is 7.91. The van der Waals surface area contributed by atoms with Crippen LogP contribution in [0.15, 0.2) is 77.0 Å². The molecule has 0 saturated carbocycles. The number of carbonyl (C=O) groups is 1. The van der Waals surface area contributed by atoms with E-state index in [1.807, 2.05) is 0 Å². The predicted octanol–water partition coefficient (Wildman–Crippen LogP) is 3.39. The molecule has 0 aliphatic heterocycles. The van der Waals surface area contributed by atoms with Crippen LogP contribution in [0.1, 0.15) is 22.3 Å². The Hall–Kier alpha value is -3.72. The number of nitrogens with zero attached hydrogens (tertiary/aromatic N) is 3. The van der Waals surface area contributed by atoms with E-state index in [0.717, 1.165) is 5.56 Å². The molecule has 4 aromatic rings. The summed E-state index contributed by atoms with van der Waals surface area (Å²) in [5.41, 5.74) is 1.37. The second-order valence-electron chi connectivity index (χ2n) is 7.06. The summed E-state index contributed by atoms with van der Waals surface area (Å²) in [4.78, 5) is 21.0. The first-order chi connectivity index (χ1) is 15.4. The molecule has 0 aliphatic carbocycles. The molecule has 0 radical (unpaired) electrons. The SMILES string of the molecule is COc1ccc(S(=O)(=O)c2ccc(CCC(=O)c3cnc4nccn4c3)cc2)cc1OC. The van der Waals surface area contributed by atoms with E-state index in [4.69, 9.17) is 9.47 Å². The molecule has 2 aromatic carbocycles. The van der Waals surface area contributed by atoms with Crippen molar-refractivity contribution in [3.8, 4) is 11.5 Å². The van der Waals surface area contributed by atoms with Gasteiger partial charge in [-0.1, -0.05) is 12.1 Å². The number of ketones is 1. The highest BCUT2D eigenvalue weighted by Crippen LogP contribution is 2.32. The van der Waals surface area contributed by atoms with Gasteiger partial charge in [-0.05, 0) is 36.2 Å². The highest BCUT2D eigenvalue weighted by atomic mass is 32.2. The molecule has 0 amide bonds. The van der Waals surface area contributed by atoms with E-state index in [9.17, 15) is 13.2 Å². The fraction of sp³-hybridized carbons (Fsp3) is 0.174. The Bertz CT molecular complexity index is 1380. The maximum Gasteiger partial charge on any atom is 0.233 e. The van der Waals surface area contributed by atoms with Crippen molar-refractivity contribution in [2.45, 2.75) is 22.6 Å². The summed E-state index contributed by atoms with van der Waals surface area (Å²) >= 11 is 0. The second-order valence-corrected chi connectivity index (χ2v) is 9.01. The number of rotatable bonds is 8. The lowest BCUT2D eigenvalue weighted by molar-refractivity contribution is 0.0982. The molecule has 8 nitrogen and oxygen atoms in total. The Kier molecular flexibility index (Phi) is 5.91. The number of sulfone groups is 1. The topological polar surface area (TPSA) is 99.9 Å². The monoisotopic (exact) mass is 451 g/mol. The molecule has 9 heteroatoms. The van der Waals surface area contributed by atoms with Gasteiger partial charge in [-0.15, -0.1) is 0 Å². The maximum absolute atomic E-state index is 13.0. The van der Waals surface area contributed by atoms with Gasteiger partial charge in [-0.25, -0.2) is 18.4 Å². The van der Waals surface area contributed by atoms with Crippen LogP contribution in [-0.2, 0) is 16.3 Å². The third-order valence-corrected chi connectivity index (χ3v) is 6.87. The van der Waals surface area contributed by atoms with Crippen LogP contribution in [-0.4, -0.2) is 42.8 Å². The number of ether oxygens (including phenoxy) is 2. The first kappa shape index (κ1) is 21.5. The second kappa shape index (κ2) is 8.80. The highest BCUT2D eigenvalue weighted by Gasteiger charge is 2.20. The van der Waals surface area contributed by atoms with Gasteiger partial charge in [0.2, 0.25) is 15.6 Å². The van der Waals surface area contributed by atoms with Crippen LogP contribution in [0.25, 0.3) is 5.78 Å². The van der Waals surface area contributed by atoms with Crippen molar-refractivity contribution in [3.05, 3.63) is 78.4 Å². The largest absolute Gasteiger partial charge is 0.493 e. The molecule has 32 heavy (non-hydrogen) atoms. The molecule has 2 heterocycles. The van der Waals surface area contributed by atoms with Crippen molar-refractivity contribution in [3.63, 3.8) is 0 Å². The molecular weight excluding hydrogens is 430 g/mol. The van der Waals surface area contributed by atoms with Gasteiger partial charge in [0.05, 0.1) is 29.6 Å². The van der Waals surface area contributed by atoms with Gasteiger partial charge in [0.15, 0.2) is 17.3 Å². The average Bonchev–Trinajstić information content (AvgIpc) is 3.30. The van der Waals surface area contributed by atoms with Gasteiger partial charge in [-0.2, -0.15) is 0 Å². The van der Waals surface area contributed by atoms with Crippen molar-refractivity contribution in [1.29, 1.82) is 0 Å². The van der Waals surface area contributed by atoms with E-state index in [1.54, 1.807) is 53.3 Å². The number of benzene rings is 2. The first-order valence-corrected chi connectivity index (χ1v) is 11.3. The molecule has 0 atom stereocenters. The van der Waals surface area contributed by atoms with E-state index < -0.39 is 9.84 Å². The number of aryl methyl sites for hydroxylation is 1. The van der Waals surface area contributed by atoms with Crippen molar-refractivity contribution >= 4 is 21.4 Å². The number of imidazole rings is 1. The van der Waals surface area contributed by atoms with Crippen LogP contribution < -0.4 is 9.47 Å². The van der Waals surface area contributed by atoms with E-state index >= 15 is 0 Å². The van der Waals surface area contributed by atoms with Crippen molar-refractivity contribution in [1.82, 2.24) is 14.4 Å². The number of fused-ring (bicyclic) bond motifs is 1. The molecular formula is C23H21N3O5S. The zero-order valence-corrected chi connectivity index (χ0v) is 18.4. The molecule has 0 fully saturated rings. The van der Waals surface area contributed by atoms with Crippen molar-refractivity contribution in [2.75, 3.05) is 14.2 Å². The normalized spacial score (nSPS) is 11.4. The minimum atomic E-state index is -3.72. The fourth-order valence-corrected chi connectivity index (χ4v) is 4.59. The van der Waals surface area contributed by atoms with Gasteiger partial charge in [-0.3, -0.25) is 9.20 Å². The Labute approximate surface area is 185 Å². The van der Waals surface area contributed by atoms with Gasteiger partial charge in [0.1, 0.15) is 0 Å². The zero-order valence-electron chi connectivity index (χ0n) is 17.6. The van der Waals surface area contributed by atoms with Crippen LogP contribution in [0, 0.1) is 0 Å². The van der Waals surface area contributed by atoms with Crippen LogP contribution in [0.3, 0.4) is 0 Å². The van der Waals surface area contributed by atoms with Crippen LogP contribution in [0.2, 0.25) is 0 Å². The number of Topliss-reactive ketones (excluding diaryl/α,β-unsaturated/α-hetero) is 1. The third-order valence-electron chi connectivity index (χ3n) is 5.11. The summed E-state index contributed by atoms with van der Waals surface area (Å²) in [7, 11) is -0.782. The Morgan fingerprint density at radius 2 is 1.69 bits per heavy atom. The van der Waals surface area contributed by atoms with E-state index in [1.165, 1.54) is 32.5 Å². The first-order valence-electron chi connectivity index (χ1n) is 9.80. The molecule has 0 unspecified atom stereocenters. The number of aromatic nitrogens is 3. The molecule has 4 rings (SSSR count). The van der Waals surface area contributed by atoms with E-state index in [-0.39, 0.29) is 22.0 Å². The summed E-state index contributed by atoms with van der Waals surface area (Å²) in [6.07, 6.45) is 7.34. The quantitative estimate of drug-likeness (QED) is 0.379. The molecule has 0 saturated heterocycles. The minimum Gasteiger partial charge on any atom is -0.493 e. The maximum atomic E-state index is 13.0. The number of methoxy groups -OCH3 is 2. The molecule has 0 N–H and O–H groups in total. The lowest BCUT2D eigenvalue weighted by Crippen LogP contribution is -2.05. The Balaban J connectivity index is 1.47. The number of carbonyl (C=O) groups excluding carboxylic acids is 1. The smallest absolute Gasteiger partial charge is 0.233 e. The predicted molar refractivity (Wildman–Crippen MR) is 117 cm³/mol. The summed E-state index contributed by atoms with van der Waals surface area (Å²) in [6, 6.07) is 11.0. The fourth-order valence-electron chi connectivity index (χ4n) is 3.32. The number of hydrogen-bond donors (Lipinski definition) is 0. The van der Waals surface area contributed by atoms with Gasteiger partial charge < -0.3 is 9.47 Å². The molecule has 0 spiro atoms. The standard InChI is InChI=1S/C23H21N3O5S/c1-30-21-10-8-19(13-22(21)31-2)32(28,29)18-6-3-16(4-7-18)5-9-20(27)17-14-25-23-24-11-12-26(23)15-17/h3-4,6-8,10-15H,5,9H2,1-2H3. The van der Waals surface area contributed by atoms with E-state index in [0.29, 0.717) is 29.3 Å². The lowest BCUT2D eigenvalue weighted by Gasteiger charge is -2.11. The van der Waals surface area contributed by atoms with Gasteiger partial charge in [0, 0.05) is 37.3 Å². The Morgan fingerprint density at radius 1 is 0.969 bits per heavy atom. The molecule has 164 valence electrons. The van der Waals surface area contributed by atoms with Gasteiger partial charge >= 0.3 is 0 Å². The summed E-state index contributed by atoms with van der Waals surface area (Å²) < 4.78 is 38.0. The summed E-state index contributed by atoms with van der Waals surface area (Å²) in [6.45, 7) is 0. The van der Waals surface area contributed by atoms with Crippen LogP contribution in [0.4, 0.5) is 0 Å². The van der Waals surface area contributed by atoms with E-state index in [2.05, 4.69) is 9.97 Å². The van der Waals surface area contributed by atoms with Crippen molar-refractivity contribution < 1.29 is 22.7 Å². The van der Waals surface area contributed by atoms with Crippen LogP contribution >= 0.6 is 0 Å². The Morgan fingerprint density at radius 3 is 2.41 bits per heavy atom.